The van der Waals surface area contributed by atoms with Crippen molar-refractivity contribution >= 4 is 5.91 Å². The van der Waals surface area contributed by atoms with Gasteiger partial charge in [0.15, 0.2) is 5.82 Å². The average molecular weight is 307 g/mol. The van der Waals surface area contributed by atoms with Crippen molar-refractivity contribution in [3.8, 4) is 0 Å². The Labute approximate surface area is 131 Å². The fraction of sp³-hybridized carbons (Fsp3) is 0.812. The number of amides is 1. The molecule has 1 aromatic rings. The number of nitrogens with zero attached hydrogens (tertiary/aromatic N) is 3. The predicted octanol–water partition coefficient (Wildman–Crippen LogP) is 2.32. The van der Waals surface area contributed by atoms with E-state index in [1.807, 2.05) is 11.8 Å². The van der Waals surface area contributed by atoms with Crippen LogP contribution in [0.1, 0.15) is 64.1 Å². The molecule has 3 rings (SSSR count). The van der Waals surface area contributed by atoms with Gasteiger partial charge in [0.25, 0.3) is 0 Å². The Morgan fingerprint density at radius 2 is 2.14 bits per heavy atom. The Morgan fingerprint density at radius 1 is 1.36 bits per heavy atom. The summed E-state index contributed by atoms with van der Waals surface area (Å²) in [6.45, 7) is 10.7. The van der Waals surface area contributed by atoms with Gasteiger partial charge in [0, 0.05) is 26.1 Å². The molecule has 0 aromatic carbocycles. The van der Waals surface area contributed by atoms with Crippen LogP contribution in [0.3, 0.4) is 0 Å². The third kappa shape index (κ3) is 2.76. The van der Waals surface area contributed by atoms with Crippen LogP contribution in [0.5, 0.6) is 0 Å². The number of likely N-dealkylation sites (tertiary alicyclic amines) is 1. The van der Waals surface area contributed by atoms with Crippen molar-refractivity contribution in [2.24, 2.45) is 5.41 Å². The number of carbonyl (C=O) groups excluding carboxylic acids is 1. The highest BCUT2D eigenvalue weighted by atomic mass is 16.5. The second kappa shape index (κ2) is 5.65. The van der Waals surface area contributed by atoms with Gasteiger partial charge >= 0.3 is 0 Å². The monoisotopic (exact) mass is 307 g/mol. The zero-order valence-electron chi connectivity index (χ0n) is 13.8. The van der Waals surface area contributed by atoms with Crippen molar-refractivity contribution in [2.45, 2.75) is 58.5 Å². The first-order valence-corrected chi connectivity index (χ1v) is 8.13. The highest BCUT2D eigenvalue weighted by Gasteiger charge is 2.41. The minimum absolute atomic E-state index is 0.0316. The van der Waals surface area contributed by atoms with E-state index < -0.39 is 0 Å². The summed E-state index contributed by atoms with van der Waals surface area (Å²) in [7, 11) is 0. The number of likely N-dealkylation sites (N-methyl/N-ethyl adjacent to an activating group) is 1. The van der Waals surface area contributed by atoms with Gasteiger partial charge in [-0.1, -0.05) is 25.9 Å². The topological polar surface area (TPSA) is 68.5 Å². The Morgan fingerprint density at radius 3 is 2.77 bits per heavy atom. The molecule has 1 unspecified atom stereocenters. The van der Waals surface area contributed by atoms with Crippen LogP contribution in [0.2, 0.25) is 0 Å². The molecule has 2 fully saturated rings. The number of ether oxygens (including phenoxy) is 1. The highest BCUT2D eigenvalue weighted by Crippen LogP contribution is 2.40. The second-order valence-electron chi connectivity index (χ2n) is 7.38. The smallest absolute Gasteiger partial charge is 0.232 e. The van der Waals surface area contributed by atoms with E-state index in [0.29, 0.717) is 18.9 Å². The Kier molecular flexibility index (Phi) is 3.97. The zero-order chi connectivity index (χ0) is 15.9. The fourth-order valence-electron chi connectivity index (χ4n) is 3.51. The van der Waals surface area contributed by atoms with Gasteiger partial charge in [-0.05, 0) is 18.8 Å². The lowest BCUT2D eigenvalue weighted by Gasteiger charge is -2.29. The van der Waals surface area contributed by atoms with Crippen molar-refractivity contribution in [3.63, 3.8) is 0 Å². The van der Waals surface area contributed by atoms with Crippen LogP contribution >= 0.6 is 0 Å². The lowest BCUT2D eigenvalue weighted by atomic mass is 9.81. The minimum Gasteiger partial charge on any atom is -0.377 e. The molecule has 122 valence electrons. The summed E-state index contributed by atoms with van der Waals surface area (Å²) in [5, 5.41) is 4.19. The van der Waals surface area contributed by atoms with E-state index >= 15 is 0 Å². The normalized spacial score (nSPS) is 29.5. The van der Waals surface area contributed by atoms with Gasteiger partial charge in [-0.15, -0.1) is 0 Å². The molecule has 6 heteroatoms. The van der Waals surface area contributed by atoms with Crippen molar-refractivity contribution in [2.75, 3.05) is 19.7 Å². The van der Waals surface area contributed by atoms with Crippen LogP contribution in [-0.2, 0) is 9.53 Å². The van der Waals surface area contributed by atoms with Crippen LogP contribution in [0.15, 0.2) is 4.52 Å². The lowest BCUT2D eigenvalue weighted by Crippen LogP contribution is -2.30. The third-order valence-corrected chi connectivity index (χ3v) is 4.68. The van der Waals surface area contributed by atoms with Crippen LogP contribution in [0.4, 0.5) is 0 Å². The first-order chi connectivity index (χ1) is 10.4. The summed E-state index contributed by atoms with van der Waals surface area (Å²) >= 11 is 0. The summed E-state index contributed by atoms with van der Waals surface area (Å²) in [5.41, 5.74) is 0.0459. The predicted molar refractivity (Wildman–Crippen MR) is 80.5 cm³/mol. The number of hydrogen-bond acceptors (Lipinski definition) is 5. The van der Waals surface area contributed by atoms with Crippen molar-refractivity contribution in [3.05, 3.63) is 11.7 Å². The van der Waals surface area contributed by atoms with Crippen molar-refractivity contribution in [1.29, 1.82) is 0 Å². The van der Waals surface area contributed by atoms with Gasteiger partial charge in [-0.3, -0.25) is 4.79 Å². The van der Waals surface area contributed by atoms with Gasteiger partial charge in [-0.2, -0.15) is 4.98 Å². The molecule has 2 aliphatic heterocycles. The van der Waals surface area contributed by atoms with E-state index in [1.165, 1.54) is 0 Å². The van der Waals surface area contributed by atoms with Gasteiger partial charge in [0.2, 0.25) is 11.8 Å². The third-order valence-electron chi connectivity index (χ3n) is 4.68. The Hall–Kier alpha value is -1.43. The van der Waals surface area contributed by atoms with Crippen molar-refractivity contribution < 1.29 is 14.1 Å². The maximum atomic E-state index is 11.9. The van der Waals surface area contributed by atoms with Gasteiger partial charge in [0.05, 0.1) is 17.9 Å². The number of rotatable bonds is 3. The zero-order valence-corrected chi connectivity index (χ0v) is 13.8. The van der Waals surface area contributed by atoms with E-state index in [2.05, 4.69) is 30.9 Å². The number of carbonyl (C=O) groups is 1. The maximum Gasteiger partial charge on any atom is 0.232 e. The summed E-state index contributed by atoms with van der Waals surface area (Å²) in [5.74, 6) is 1.71. The van der Waals surface area contributed by atoms with Crippen LogP contribution < -0.4 is 0 Å². The van der Waals surface area contributed by atoms with Crippen LogP contribution in [-0.4, -0.2) is 46.7 Å². The van der Waals surface area contributed by atoms with E-state index in [1.54, 1.807) is 0 Å². The van der Waals surface area contributed by atoms with Crippen LogP contribution in [0, 0.1) is 5.41 Å². The molecule has 2 saturated heterocycles. The molecule has 3 heterocycles. The Balaban J connectivity index is 1.76. The number of aromatic nitrogens is 2. The average Bonchev–Trinajstić information content (AvgIpc) is 3.15. The van der Waals surface area contributed by atoms with E-state index in [0.717, 1.165) is 25.4 Å². The summed E-state index contributed by atoms with van der Waals surface area (Å²) in [4.78, 5) is 18.3. The molecule has 6 nitrogen and oxygen atoms in total. The maximum absolute atomic E-state index is 11.9. The minimum atomic E-state index is 0.0316. The fourth-order valence-corrected chi connectivity index (χ4v) is 3.51. The van der Waals surface area contributed by atoms with E-state index in [4.69, 9.17) is 9.26 Å². The first kappa shape index (κ1) is 15.5. The molecular weight excluding hydrogens is 282 g/mol. The summed E-state index contributed by atoms with van der Waals surface area (Å²) in [6, 6.07) is 0. The lowest BCUT2D eigenvalue weighted by molar-refractivity contribution is -0.127. The second-order valence-corrected chi connectivity index (χ2v) is 7.38. The molecule has 1 amide bonds. The van der Waals surface area contributed by atoms with Crippen molar-refractivity contribution in [1.82, 2.24) is 15.0 Å². The molecule has 0 aliphatic carbocycles. The molecule has 0 radical (unpaired) electrons. The first-order valence-electron chi connectivity index (χ1n) is 8.13. The van der Waals surface area contributed by atoms with E-state index in [9.17, 15) is 4.79 Å². The molecule has 2 aliphatic rings. The van der Waals surface area contributed by atoms with E-state index in [-0.39, 0.29) is 29.3 Å². The largest absolute Gasteiger partial charge is 0.377 e. The quantitative estimate of drug-likeness (QED) is 0.857. The van der Waals surface area contributed by atoms with Gasteiger partial charge < -0.3 is 14.2 Å². The number of hydrogen-bond donors (Lipinski definition) is 0. The summed E-state index contributed by atoms with van der Waals surface area (Å²) in [6.07, 6.45) is 1.50. The molecule has 1 aromatic heterocycles. The molecular formula is C16H25N3O3. The molecule has 0 spiro atoms. The van der Waals surface area contributed by atoms with Gasteiger partial charge in [-0.25, -0.2) is 0 Å². The molecule has 0 bridgehead atoms. The standard InChI is InChI=1S/C16H25N3O3/c1-5-19-9-10(8-12(19)20)15-17-14(18-22-15)11-6-7-21-13(11)16(2,3)4/h10-11,13H,5-9H2,1-4H3/t10?,11-,13-/m0/s1. The molecule has 3 atom stereocenters. The molecule has 22 heavy (non-hydrogen) atoms. The Bertz CT molecular complexity index is 549. The SMILES string of the molecule is CCN1CC(c2nc([C@H]3CCO[C@@H]3C(C)(C)C)no2)CC1=O. The summed E-state index contributed by atoms with van der Waals surface area (Å²) < 4.78 is 11.4. The highest BCUT2D eigenvalue weighted by molar-refractivity contribution is 5.79. The molecule has 0 saturated carbocycles. The van der Waals surface area contributed by atoms with Gasteiger partial charge in [0.1, 0.15) is 0 Å². The molecule has 0 N–H and O–H groups in total. The van der Waals surface area contributed by atoms with Crippen LogP contribution in [0.25, 0.3) is 0 Å².